The van der Waals surface area contributed by atoms with Crippen molar-refractivity contribution >= 4 is 41.3 Å². The van der Waals surface area contributed by atoms with E-state index in [1.54, 1.807) is 25.5 Å². The molecule has 5 nitrogen and oxygen atoms in total. The Labute approximate surface area is 158 Å². The lowest BCUT2D eigenvalue weighted by Gasteiger charge is -2.11. The molecule has 0 radical (unpaired) electrons. The summed E-state index contributed by atoms with van der Waals surface area (Å²) in [5.74, 6) is 1.62. The van der Waals surface area contributed by atoms with Crippen LogP contribution in [0.5, 0.6) is 5.75 Å². The highest BCUT2D eigenvalue weighted by molar-refractivity contribution is 14.0. The van der Waals surface area contributed by atoms with Gasteiger partial charge in [-0.05, 0) is 24.1 Å². The number of aryl methyl sites for hydroxylation is 1. The largest absolute Gasteiger partial charge is 0.497 e. The highest BCUT2D eigenvalue weighted by Crippen LogP contribution is 2.12. The van der Waals surface area contributed by atoms with Crippen LogP contribution >= 0.6 is 35.3 Å². The lowest BCUT2D eigenvalue weighted by molar-refractivity contribution is 0.414. The fourth-order valence-electron chi connectivity index (χ4n) is 1.96. The van der Waals surface area contributed by atoms with Crippen molar-refractivity contribution in [3.8, 4) is 5.75 Å². The predicted molar refractivity (Wildman–Crippen MR) is 107 cm³/mol. The van der Waals surface area contributed by atoms with E-state index in [-0.39, 0.29) is 24.0 Å². The molecule has 126 valence electrons. The molecule has 0 bridgehead atoms. The van der Waals surface area contributed by atoms with E-state index in [0.717, 1.165) is 34.4 Å². The molecule has 0 saturated carbocycles. The number of benzene rings is 1. The van der Waals surface area contributed by atoms with Crippen molar-refractivity contribution < 1.29 is 4.74 Å². The molecular formula is C16H23IN4OS. The number of nitrogens with one attached hydrogen (secondary N) is 2. The van der Waals surface area contributed by atoms with Crippen LogP contribution in [0.15, 0.2) is 34.6 Å². The third-order valence-electron chi connectivity index (χ3n) is 3.16. The third kappa shape index (κ3) is 6.34. The Bertz CT molecular complexity index is 630. The molecule has 7 heteroatoms. The average Bonchev–Trinajstić information content (AvgIpc) is 3.03. The Morgan fingerprint density at radius 3 is 2.74 bits per heavy atom. The van der Waals surface area contributed by atoms with Gasteiger partial charge in [0.25, 0.3) is 0 Å². The Morgan fingerprint density at radius 2 is 2.09 bits per heavy atom. The zero-order chi connectivity index (χ0) is 15.8. The minimum Gasteiger partial charge on any atom is -0.497 e. The van der Waals surface area contributed by atoms with E-state index in [2.05, 4.69) is 39.0 Å². The van der Waals surface area contributed by atoms with Crippen LogP contribution in [0.3, 0.4) is 0 Å². The molecule has 2 rings (SSSR count). The van der Waals surface area contributed by atoms with Gasteiger partial charge >= 0.3 is 0 Å². The van der Waals surface area contributed by atoms with Crippen LogP contribution < -0.4 is 15.4 Å². The molecule has 0 aliphatic rings. The minimum absolute atomic E-state index is 0. The van der Waals surface area contributed by atoms with Crippen molar-refractivity contribution in [2.24, 2.45) is 4.99 Å². The first-order valence-electron chi connectivity index (χ1n) is 7.26. The molecule has 0 unspecified atom stereocenters. The lowest BCUT2D eigenvalue weighted by atomic mass is 10.2. The van der Waals surface area contributed by atoms with Gasteiger partial charge < -0.3 is 15.4 Å². The fourth-order valence-corrected chi connectivity index (χ4v) is 2.70. The van der Waals surface area contributed by atoms with Gasteiger partial charge in [0, 0.05) is 19.0 Å². The number of nitrogens with zero attached hydrogens (tertiary/aromatic N) is 2. The maximum atomic E-state index is 5.23. The van der Waals surface area contributed by atoms with Crippen LogP contribution in [0.25, 0.3) is 0 Å². The van der Waals surface area contributed by atoms with Crippen molar-refractivity contribution in [1.82, 2.24) is 15.6 Å². The number of thiazole rings is 1. The Kier molecular flexibility index (Phi) is 8.93. The number of hydrogen-bond donors (Lipinski definition) is 2. The fraction of sp³-hybridized carbons (Fsp3) is 0.375. The second-order valence-corrected chi connectivity index (χ2v) is 5.66. The summed E-state index contributed by atoms with van der Waals surface area (Å²) in [7, 11) is 3.44. The summed E-state index contributed by atoms with van der Waals surface area (Å²) in [6, 6.07) is 7.97. The number of rotatable bonds is 6. The van der Waals surface area contributed by atoms with Crippen LogP contribution in [-0.2, 0) is 19.5 Å². The standard InChI is InChI=1S/C16H22N4OS.HI/c1-4-15-20-13(11-22-15)10-19-16(17-2)18-9-12-6-5-7-14(8-12)21-3;/h5-8,11H,4,9-10H2,1-3H3,(H2,17,18,19);1H. The quantitative estimate of drug-likeness (QED) is 0.407. The first-order valence-corrected chi connectivity index (χ1v) is 8.13. The van der Waals surface area contributed by atoms with E-state index in [1.165, 1.54) is 0 Å². The van der Waals surface area contributed by atoms with E-state index >= 15 is 0 Å². The van der Waals surface area contributed by atoms with Crippen molar-refractivity contribution in [1.29, 1.82) is 0 Å². The monoisotopic (exact) mass is 446 g/mol. The molecule has 2 aromatic rings. The molecule has 1 heterocycles. The second kappa shape index (κ2) is 10.4. The molecule has 1 aromatic heterocycles. The highest BCUT2D eigenvalue weighted by Gasteiger charge is 2.03. The van der Waals surface area contributed by atoms with Crippen LogP contribution in [0.4, 0.5) is 0 Å². The zero-order valence-corrected chi connectivity index (χ0v) is 16.8. The van der Waals surface area contributed by atoms with Gasteiger partial charge in [0.2, 0.25) is 0 Å². The molecular weight excluding hydrogens is 423 g/mol. The molecule has 2 N–H and O–H groups in total. The van der Waals surface area contributed by atoms with Gasteiger partial charge in [-0.2, -0.15) is 0 Å². The van der Waals surface area contributed by atoms with Crippen molar-refractivity contribution in [3.05, 3.63) is 45.9 Å². The van der Waals surface area contributed by atoms with E-state index in [1.807, 2.05) is 18.2 Å². The summed E-state index contributed by atoms with van der Waals surface area (Å²) in [5, 5.41) is 9.81. The van der Waals surface area contributed by atoms with Gasteiger partial charge in [0.15, 0.2) is 5.96 Å². The molecule has 1 aromatic carbocycles. The normalized spacial score (nSPS) is 10.8. The molecule has 0 atom stereocenters. The Morgan fingerprint density at radius 1 is 1.30 bits per heavy atom. The van der Waals surface area contributed by atoms with Crippen molar-refractivity contribution in [2.75, 3.05) is 14.2 Å². The topological polar surface area (TPSA) is 58.5 Å². The number of ether oxygens (including phenoxy) is 1. The van der Waals surface area contributed by atoms with Gasteiger partial charge in [0.1, 0.15) is 5.75 Å². The van der Waals surface area contributed by atoms with Gasteiger partial charge in [-0.15, -0.1) is 35.3 Å². The SMILES string of the molecule is CCc1nc(CNC(=NC)NCc2cccc(OC)c2)cs1.I. The number of aromatic nitrogens is 1. The summed E-state index contributed by atoms with van der Waals surface area (Å²) in [6.07, 6.45) is 0.980. The molecule has 0 aliphatic carbocycles. The van der Waals surface area contributed by atoms with Crippen LogP contribution in [0, 0.1) is 0 Å². The smallest absolute Gasteiger partial charge is 0.191 e. The summed E-state index contributed by atoms with van der Waals surface area (Å²) in [5.41, 5.74) is 2.19. The molecule has 0 spiro atoms. The molecule has 23 heavy (non-hydrogen) atoms. The highest BCUT2D eigenvalue weighted by atomic mass is 127. The first kappa shape index (κ1) is 19.7. The number of guanidine groups is 1. The van der Waals surface area contributed by atoms with E-state index < -0.39 is 0 Å². The molecule has 0 amide bonds. The number of hydrogen-bond acceptors (Lipinski definition) is 4. The lowest BCUT2D eigenvalue weighted by Crippen LogP contribution is -2.36. The van der Waals surface area contributed by atoms with E-state index in [4.69, 9.17) is 4.74 Å². The summed E-state index contributed by atoms with van der Waals surface area (Å²) < 4.78 is 5.23. The Balaban J connectivity index is 0.00000264. The van der Waals surface area contributed by atoms with E-state index in [0.29, 0.717) is 13.1 Å². The van der Waals surface area contributed by atoms with Gasteiger partial charge in [-0.3, -0.25) is 4.99 Å². The number of methoxy groups -OCH3 is 1. The van der Waals surface area contributed by atoms with Crippen LogP contribution in [0.2, 0.25) is 0 Å². The maximum absolute atomic E-state index is 5.23. The minimum atomic E-state index is 0. The molecule has 0 aliphatic heterocycles. The van der Waals surface area contributed by atoms with Crippen LogP contribution in [-0.4, -0.2) is 25.1 Å². The average molecular weight is 446 g/mol. The zero-order valence-electron chi connectivity index (χ0n) is 13.6. The first-order chi connectivity index (χ1) is 10.7. The third-order valence-corrected chi connectivity index (χ3v) is 4.20. The van der Waals surface area contributed by atoms with Crippen molar-refractivity contribution in [2.45, 2.75) is 26.4 Å². The van der Waals surface area contributed by atoms with Crippen LogP contribution in [0.1, 0.15) is 23.2 Å². The Hall–Kier alpha value is -1.35. The number of halogens is 1. The number of aliphatic imine (C=N–C) groups is 1. The maximum Gasteiger partial charge on any atom is 0.191 e. The summed E-state index contributed by atoms with van der Waals surface area (Å²) >= 11 is 1.70. The van der Waals surface area contributed by atoms with Gasteiger partial charge in [-0.1, -0.05) is 19.1 Å². The molecule has 0 saturated heterocycles. The summed E-state index contributed by atoms with van der Waals surface area (Å²) in [4.78, 5) is 8.76. The summed E-state index contributed by atoms with van der Waals surface area (Å²) in [6.45, 7) is 3.48. The van der Waals surface area contributed by atoms with Crippen molar-refractivity contribution in [3.63, 3.8) is 0 Å². The molecule has 0 fully saturated rings. The van der Waals surface area contributed by atoms with Gasteiger partial charge in [-0.25, -0.2) is 4.98 Å². The van der Waals surface area contributed by atoms with Gasteiger partial charge in [0.05, 0.1) is 24.4 Å². The predicted octanol–water partition coefficient (Wildman–Crippen LogP) is 3.20. The second-order valence-electron chi connectivity index (χ2n) is 4.72. The van der Waals surface area contributed by atoms with E-state index in [9.17, 15) is 0 Å².